The summed E-state index contributed by atoms with van der Waals surface area (Å²) >= 11 is 0. The van der Waals surface area contributed by atoms with E-state index in [-0.39, 0.29) is 12.6 Å². The number of amides is 1. The van der Waals surface area contributed by atoms with Crippen molar-refractivity contribution in [1.82, 2.24) is 5.32 Å². The van der Waals surface area contributed by atoms with Crippen LogP contribution in [-0.4, -0.2) is 24.4 Å². The summed E-state index contributed by atoms with van der Waals surface area (Å²) in [5.41, 5.74) is 0. The molecule has 0 rings (SSSR count). The Hall–Kier alpha value is -1.03. The van der Waals surface area contributed by atoms with Gasteiger partial charge in [0.2, 0.25) is 5.91 Å². The minimum absolute atomic E-state index is 0.167. The van der Waals surface area contributed by atoms with E-state index in [1.165, 1.54) is 6.26 Å². The van der Waals surface area contributed by atoms with Gasteiger partial charge in [0.25, 0.3) is 0 Å². The summed E-state index contributed by atoms with van der Waals surface area (Å²) in [7, 11) is 0. The molecular formula is C7H13NO3. The average Bonchev–Trinajstić information content (AvgIpc) is 1.99. The highest BCUT2D eigenvalue weighted by Crippen LogP contribution is 1.89. The first kappa shape index (κ1) is 9.97. The molecule has 2 N–H and O–H groups in total. The average molecular weight is 159 g/mol. The van der Waals surface area contributed by atoms with Crippen LogP contribution >= 0.6 is 0 Å². The second kappa shape index (κ2) is 7.08. The van der Waals surface area contributed by atoms with Crippen molar-refractivity contribution in [2.45, 2.75) is 12.8 Å². The predicted octanol–water partition coefficient (Wildman–Crippen LogP) is -0.00730. The van der Waals surface area contributed by atoms with Crippen LogP contribution in [0.5, 0.6) is 0 Å². The molecule has 0 bridgehead atoms. The number of ether oxygens (including phenoxy) is 1. The molecule has 0 aromatic carbocycles. The maximum Gasteiger partial charge on any atom is 0.221 e. The largest absolute Gasteiger partial charge is 0.502 e. The Labute approximate surface area is 65.9 Å². The van der Waals surface area contributed by atoms with Crippen LogP contribution in [0.3, 0.4) is 0 Å². The van der Waals surface area contributed by atoms with Gasteiger partial charge in [-0.1, -0.05) is 6.58 Å². The van der Waals surface area contributed by atoms with Gasteiger partial charge in [-0.25, -0.2) is 0 Å². The Morgan fingerprint density at radius 2 is 2.45 bits per heavy atom. The Morgan fingerprint density at radius 1 is 1.73 bits per heavy atom. The van der Waals surface area contributed by atoms with Gasteiger partial charge in [0.15, 0.2) is 0 Å². The first-order valence-electron chi connectivity index (χ1n) is 3.41. The van der Waals surface area contributed by atoms with Crippen molar-refractivity contribution >= 4 is 5.91 Å². The van der Waals surface area contributed by atoms with Gasteiger partial charge in [0.1, 0.15) is 6.73 Å². The quantitative estimate of drug-likeness (QED) is 0.325. The molecule has 4 nitrogen and oxygen atoms in total. The third kappa shape index (κ3) is 6.86. The fourth-order valence-electron chi connectivity index (χ4n) is 0.576. The van der Waals surface area contributed by atoms with Crippen molar-refractivity contribution in [3.63, 3.8) is 0 Å². The minimum Gasteiger partial charge on any atom is -0.502 e. The predicted molar refractivity (Wildman–Crippen MR) is 40.6 cm³/mol. The molecule has 4 heteroatoms. The lowest BCUT2D eigenvalue weighted by Gasteiger charge is -2.00. The standard InChI is InChI=1S/C7H13NO3/c1-2-11-5-3-4-7(10)8-6-9/h2,9H,1,3-6H2,(H,8,10). The van der Waals surface area contributed by atoms with E-state index in [9.17, 15) is 4.79 Å². The van der Waals surface area contributed by atoms with E-state index in [0.29, 0.717) is 19.4 Å². The van der Waals surface area contributed by atoms with E-state index in [1.54, 1.807) is 0 Å². The third-order valence-corrected chi connectivity index (χ3v) is 1.06. The molecule has 1 amide bonds. The number of rotatable bonds is 6. The highest BCUT2D eigenvalue weighted by molar-refractivity contribution is 5.75. The van der Waals surface area contributed by atoms with Gasteiger partial charge in [0, 0.05) is 6.42 Å². The number of hydrogen-bond acceptors (Lipinski definition) is 3. The van der Waals surface area contributed by atoms with Crippen molar-refractivity contribution in [1.29, 1.82) is 0 Å². The molecule has 0 unspecified atom stereocenters. The number of hydrogen-bond donors (Lipinski definition) is 2. The molecule has 0 aromatic rings. The van der Waals surface area contributed by atoms with Crippen molar-refractivity contribution in [3.8, 4) is 0 Å². The first-order chi connectivity index (χ1) is 5.31. The van der Waals surface area contributed by atoms with Crippen LogP contribution in [0.25, 0.3) is 0 Å². The van der Waals surface area contributed by atoms with E-state index in [4.69, 9.17) is 9.84 Å². The summed E-state index contributed by atoms with van der Waals surface area (Å²) in [5.74, 6) is -0.167. The molecule has 0 aliphatic rings. The van der Waals surface area contributed by atoms with Crippen molar-refractivity contribution in [2.24, 2.45) is 0 Å². The normalized spacial score (nSPS) is 8.82. The lowest BCUT2D eigenvalue weighted by molar-refractivity contribution is -0.122. The zero-order chi connectivity index (χ0) is 8.53. The fourth-order valence-corrected chi connectivity index (χ4v) is 0.576. The second-order valence-corrected chi connectivity index (χ2v) is 1.90. The zero-order valence-electron chi connectivity index (χ0n) is 6.38. The molecule has 0 saturated heterocycles. The maximum atomic E-state index is 10.7. The van der Waals surface area contributed by atoms with Crippen molar-refractivity contribution < 1.29 is 14.6 Å². The minimum atomic E-state index is -0.304. The smallest absolute Gasteiger partial charge is 0.221 e. The number of nitrogens with one attached hydrogen (secondary N) is 1. The van der Waals surface area contributed by atoms with Crippen LogP contribution in [0, 0.1) is 0 Å². The molecule has 0 saturated carbocycles. The van der Waals surface area contributed by atoms with E-state index in [0.717, 1.165) is 0 Å². The van der Waals surface area contributed by atoms with Crippen molar-refractivity contribution in [3.05, 3.63) is 12.8 Å². The Kier molecular flexibility index (Phi) is 6.42. The van der Waals surface area contributed by atoms with Gasteiger partial charge in [-0.2, -0.15) is 0 Å². The fraction of sp³-hybridized carbons (Fsp3) is 0.571. The molecule has 0 heterocycles. The summed E-state index contributed by atoms with van der Waals surface area (Å²) in [6.07, 6.45) is 2.34. The Balaban J connectivity index is 3.10. The monoisotopic (exact) mass is 159 g/mol. The number of aliphatic hydroxyl groups excluding tert-OH is 1. The molecule has 0 spiro atoms. The van der Waals surface area contributed by atoms with Crippen LogP contribution in [0.2, 0.25) is 0 Å². The summed E-state index contributed by atoms with van der Waals surface area (Å²) in [6, 6.07) is 0. The lowest BCUT2D eigenvalue weighted by atomic mass is 10.3. The van der Waals surface area contributed by atoms with Gasteiger partial charge < -0.3 is 15.2 Å². The van der Waals surface area contributed by atoms with Crippen LogP contribution in [-0.2, 0) is 9.53 Å². The van der Waals surface area contributed by atoms with E-state index >= 15 is 0 Å². The Morgan fingerprint density at radius 3 is 3.00 bits per heavy atom. The summed E-state index contributed by atoms with van der Waals surface area (Å²) < 4.78 is 4.78. The first-order valence-corrected chi connectivity index (χ1v) is 3.41. The van der Waals surface area contributed by atoms with Gasteiger partial charge in [-0.15, -0.1) is 0 Å². The van der Waals surface area contributed by atoms with Crippen LogP contribution in [0.1, 0.15) is 12.8 Å². The molecular weight excluding hydrogens is 146 g/mol. The van der Waals surface area contributed by atoms with Crippen LogP contribution in [0.4, 0.5) is 0 Å². The van der Waals surface area contributed by atoms with Crippen LogP contribution in [0.15, 0.2) is 12.8 Å². The number of carbonyl (C=O) groups is 1. The number of aliphatic hydroxyl groups is 1. The summed E-state index contributed by atoms with van der Waals surface area (Å²) in [4.78, 5) is 10.7. The van der Waals surface area contributed by atoms with E-state index in [2.05, 4.69) is 11.9 Å². The highest BCUT2D eigenvalue weighted by atomic mass is 16.5. The van der Waals surface area contributed by atoms with Crippen molar-refractivity contribution in [2.75, 3.05) is 13.3 Å². The highest BCUT2D eigenvalue weighted by Gasteiger charge is 1.97. The second-order valence-electron chi connectivity index (χ2n) is 1.90. The molecule has 0 aromatic heterocycles. The maximum absolute atomic E-state index is 10.7. The van der Waals surface area contributed by atoms with Crippen LogP contribution < -0.4 is 5.32 Å². The summed E-state index contributed by atoms with van der Waals surface area (Å²) in [5, 5.41) is 10.5. The van der Waals surface area contributed by atoms with E-state index < -0.39 is 0 Å². The number of carbonyl (C=O) groups excluding carboxylic acids is 1. The molecule has 0 radical (unpaired) electrons. The topological polar surface area (TPSA) is 58.6 Å². The van der Waals surface area contributed by atoms with Gasteiger partial charge in [0.05, 0.1) is 12.9 Å². The molecule has 0 fully saturated rings. The zero-order valence-corrected chi connectivity index (χ0v) is 6.38. The van der Waals surface area contributed by atoms with Gasteiger partial charge in [-0.05, 0) is 6.42 Å². The van der Waals surface area contributed by atoms with Gasteiger partial charge >= 0.3 is 0 Å². The Bertz CT molecular complexity index is 125. The summed E-state index contributed by atoms with van der Waals surface area (Å²) in [6.45, 7) is 3.53. The lowest BCUT2D eigenvalue weighted by Crippen LogP contribution is -2.23. The molecule has 0 atom stereocenters. The molecule has 11 heavy (non-hydrogen) atoms. The van der Waals surface area contributed by atoms with E-state index in [1.807, 2.05) is 0 Å². The molecule has 0 aliphatic carbocycles. The molecule has 64 valence electrons. The SMILES string of the molecule is C=COCCCC(=O)NCO. The third-order valence-electron chi connectivity index (χ3n) is 1.06. The van der Waals surface area contributed by atoms with Gasteiger partial charge in [-0.3, -0.25) is 4.79 Å². The molecule has 0 aliphatic heterocycles.